The fourth-order valence-corrected chi connectivity index (χ4v) is 2.21. The number of hydrogen-bond acceptors (Lipinski definition) is 3. The van der Waals surface area contributed by atoms with Crippen LogP contribution in [0.2, 0.25) is 0 Å². The Labute approximate surface area is 136 Å². The van der Waals surface area contributed by atoms with E-state index in [2.05, 4.69) is 33.2 Å². The minimum Gasteiger partial charge on any atom is -0.399 e. The van der Waals surface area contributed by atoms with Crippen LogP contribution in [0, 0.1) is 3.57 Å². The van der Waals surface area contributed by atoms with E-state index in [4.69, 9.17) is 5.73 Å². The summed E-state index contributed by atoms with van der Waals surface area (Å²) in [6, 6.07) is 13.9. The third-order valence-electron chi connectivity index (χ3n) is 2.69. The van der Waals surface area contributed by atoms with Crippen LogP contribution in [0.3, 0.4) is 0 Å². The fourth-order valence-electron chi connectivity index (χ4n) is 1.67. The van der Waals surface area contributed by atoms with Crippen molar-refractivity contribution in [1.29, 1.82) is 0 Å². The molecule has 108 valence electrons. The van der Waals surface area contributed by atoms with E-state index in [9.17, 15) is 9.59 Å². The van der Waals surface area contributed by atoms with E-state index in [0.717, 1.165) is 3.57 Å². The molecule has 0 bridgehead atoms. The van der Waals surface area contributed by atoms with Crippen molar-refractivity contribution in [1.82, 2.24) is 5.32 Å². The maximum Gasteiger partial charge on any atom is 0.251 e. The van der Waals surface area contributed by atoms with E-state index < -0.39 is 0 Å². The van der Waals surface area contributed by atoms with Crippen molar-refractivity contribution in [3.8, 4) is 0 Å². The van der Waals surface area contributed by atoms with Crippen LogP contribution in [-0.4, -0.2) is 18.4 Å². The summed E-state index contributed by atoms with van der Waals surface area (Å²) in [6.07, 6.45) is 0. The summed E-state index contributed by atoms with van der Waals surface area (Å²) >= 11 is 2.16. The minimum absolute atomic E-state index is 0.0886. The molecule has 0 aliphatic heterocycles. The van der Waals surface area contributed by atoms with Gasteiger partial charge in [-0.25, -0.2) is 0 Å². The lowest BCUT2D eigenvalue weighted by atomic mass is 10.2. The Balaban J connectivity index is 1.86. The second kappa shape index (κ2) is 7.07. The number of amides is 2. The molecule has 2 aromatic rings. The zero-order valence-corrected chi connectivity index (χ0v) is 13.3. The van der Waals surface area contributed by atoms with Gasteiger partial charge in [-0.05, 0) is 65.1 Å². The number of anilines is 2. The lowest BCUT2D eigenvalue weighted by molar-refractivity contribution is -0.115. The van der Waals surface area contributed by atoms with Gasteiger partial charge < -0.3 is 16.4 Å². The Hall–Kier alpha value is -2.09. The molecule has 0 saturated heterocycles. The number of nitrogen functional groups attached to an aromatic ring is 1. The van der Waals surface area contributed by atoms with E-state index in [1.54, 1.807) is 30.3 Å². The van der Waals surface area contributed by atoms with Crippen LogP contribution in [0.15, 0.2) is 48.5 Å². The Morgan fingerprint density at radius 1 is 1.10 bits per heavy atom. The molecule has 2 amide bonds. The third kappa shape index (κ3) is 4.75. The highest BCUT2D eigenvalue weighted by Crippen LogP contribution is 2.12. The highest BCUT2D eigenvalue weighted by Gasteiger charge is 2.08. The molecule has 0 fully saturated rings. The lowest BCUT2D eigenvalue weighted by Gasteiger charge is -2.07. The van der Waals surface area contributed by atoms with Crippen molar-refractivity contribution < 1.29 is 9.59 Å². The van der Waals surface area contributed by atoms with Gasteiger partial charge in [0.2, 0.25) is 5.91 Å². The monoisotopic (exact) mass is 395 g/mol. The van der Waals surface area contributed by atoms with Gasteiger partial charge in [-0.2, -0.15) is 0 Å². The van der Waals surface area contributed by atoms with Gasteiger partial charge in [-0.3, -0.25) is 9.59 Å². The Kier molecular flexibility index (Phi) is 5.15. The first kappa shape index (κ1) is 15.3. The second-order valence-corrected chi connectivity index (χ2v) is 5.61. The first-order valence-corrected chi connectivity index (χ1v) is 7.31. The van der Waals surface area contributed by atoms with Gasteiger partial charge in [0.1, 0.15) is 0 Å². The topological polar surface area (TPSA) is 84.2 Å². The van der Waals surface area contributed by atoms with Crippen molar-refractivity contribution >= 4 is 45.8 Å². The number of rotatable bonds is 4. The van der Waals surface area contributed by atoms with Crippen molar-refractivity contribution in [2.75, 3.05) is 17.6 Å². The van der Waals surface area contributed by atoms with Gasteiger partial charge in [-0.15, -0.1) is 0 Å². The van der Waals surface area contributed by atoms with Crippen LogP contribution >= 0.6 is 22.6 Å². The van der Waals surface area contributed by atoms with E-state index in [1.807, 2.05) is 18.2 Å². The molecular formula is C15H14IN3O2. The zero-order valence-electron chi connectivity index (χ0n) is 11.1. The molecule has 5 nitrogen and oxygen atoms in total. The fraction of sp³-hybridized carbons (Fsp3) is 0.0667. The van der Waals surface area contributed by atoms with Gasteiger partial charge >= 0.3 is 0 Å². The predicted octanol–water partition coefficient (Wildman–Crippen LogP) is 2.24. The standard InChI is InChI=1S/C15H14IN3O2/c16-11-2-1-3-13(8-11)19-14(20)9-18-15(21)10-4-6-12(17)7-5-10/h1-8H,9,17H2,(H,18,21)(H,19,20). The Morgan fingerprint density at radius 2 is 1.81 bits per heavy atom. The number of benzene rings is 2. The van der Waals surface area contributed by atoms with Crippen LogP contribution in [0.5, 0.6) is 0 Å². The molecule has 0 atom stereocenters. The summed E-state index contributed by atoms with van der Waals surface area (Å²) in [7, 11) is 0. The van der Waals surface area contributed by atoms with E-state index >= 15 is 0 Å². The average Bonchev–Trinajstić information content (AvgIpc) is 2.45. The summed E-state index contributed by atoms with van der Waals surface area (Å²) in [4.78, 5) is 23.6. The summed E-state index contributed by atoms with van der Waals surface area (Å²) in [5, 5.41) is 5.28. The highest BCUT2D eigenvalue weighted by molar-refractivity contribution is 14.1. The molecule has 0 spiro atoms. The van der Waals surface area contributed by atoms with E-state index in [0.29, 0.717) is 16.9 Å². The summed E-state index contributed by atoms with van der Waals surface area (Å²) in [6.45, 7) is -0.0886. The van der Waals surface area contributed by atoms with Gasteiger partial charge in [0.05, 0.1) is 6.54 Å². The number of nitrogens with two attached hydrogens (primary N) is 1. The number of carbonyl (C=O) groups excluding carboxylic acids is 2. The summed E-state index contributed by atoms with van der Waals surface area (Å²) in [5.74, 6) is -0.589. The van der Waals surface area contributed by atoms with E-state index in [1.165, 1.54) is 0 Å². The maximum atomic E-state index is 11.8. The van der Waals surface area contributed by atoms with Gasteiger partial charge in [0, 0.05) is 20.5 Å². The van der Waals surface area contributed by atoms with Crippen LogP contribution in [0.1, 0.15) is 10.4 Å². The largest absolute Gasteiger partial charge is 0.399 e. The first-order valence-electron chi connectivity index (χ1n) is 6.24. The first-order chi connectivity index (χ1) is 10.0. The molecule has 2 rings (SSSR count). The zero-order chi connectivity index (χ0) is 15.2. The SMILES string of the molecule is Nc1ccc(C(=O)NCC(=O)Nc2cccc(I)c2)cc1. The Morgan fingerprint density at radius 3 is 2.48 bits per heavy atom. The normalized spacial score (nSPS) is 9.95. The molecule has 0 aliphatic carbocycles. The molecule has 6 heteroatoms. The van der Waals surface area contributed by atoms with Crippen LogP contribution < -0.4 is 16.4 Å². The van der Waals surface area contributed by atoms with Crippen LogP contribution in [0.25, 0.3) is 0 Å². The molecule has 2 aromatic carbocycles. The van der Waals surface area contributed by atoms with Gasteiger partial charge in [0.25, 0.3) is 5.91 Å². The summed E-state index contributed by atoms with van der Waals surface area (Å²) in [5.41, 5.74) is 7.30. The van der Waals surface area contributed by atoms with E-state index in [-0.39, 0.29) is 18.4 Å². The molecule has 0 radical (unpaired) electrons. The van der Waals surface area contributed by atoms with Gasteiger partial charge in [0.15, 0.2) is 0 Å². The maximum absolute atomic E-state index is 11.8. The van der Waals surface area contributed by atoms with Crippen molar-refractivity contribution in [3.05, 3.63) is 57.7 Å². The molecule has 0 aliphatic rings. The quantitative estimate of drug-likeness (QED) is 0.549. The lowest BCUT2D eigenvalue weighted by Crippen LogP contribution is -2.32. The molecule has 0 aromatic heterocycles. The van der Waals surface area contributed by atoms with Crippen LogP contribution in [-0.2, 0) is 4.79 Å². The van der Waals surface area contributed by atoms with Crippen molar-refractivity contribution in [2.24, 2.45) is 0 Å². The molecule has 0 heterocycles. The van der Waals surface area contributed by atoms with Gasteiger partial charge in [-0.1, -0.05) is 6.07 Å². The third-order valence-corrected chi connectivity index (χ3v) is 3.36. The predicted molar refractivity (Wildman–Crippen MR) is 91.0 cm³/mol. The number of halogens is 1. The smallest absolute Gasteiger partial charge is 0.251 e. The molecule has 4 N–H and O–H groups in total. The Bertz CT molecular complexity index is 656. The molecular weight excluding hydrogens is 381 g/mol. The second-order valence-electron chi connectivity index (χ2n) is 4.36. The summed E-state index contributed by atoms with van der Waals surface area (Å²) < 4.78 is 1.02. The number of hydrogen-bond donors (Lipinski definition) is 3. The number of nitrogens with one attached hydrogen (secondary N) is 2. The van der Waals surface area contributed by atoms with Crippen molar-refractivity contribution in [2.45, 2.75) is 0 Å². The highest BCUT2D eigenvalue weighted by atomic mass is 127. The van der Waals surface area contributed by atoms with Crippen molar-refractivity contribution in [3.63, 3.8) is 0 Å². The molecule has 0 saturated carbocycles. The van der Waals surface area contributed by atoms with Crippen LogP contribution in [0.4, 0.5) is 11.4 Å². The number of carbonyl (C=O) groups is 2. The minimum atomic E-state index is -0.312. The molecule has 21 heavy (non-hydrogen) atoms. The molecule has 0 unspecified atom stereocenters. The average molecular weight is 395 g/mol.